The van der Waals surface area contributed by atoms with Crippen molar-refractivity contribution in [1.29, 1.82) is 5.26 Å². The third-order valence-corrected chi connectivity index (χ3v) is 7.67. The molecule has 0 unspecified atom stereocenters. The molecule has 2 saturated heterocycles. The number of carbonyl (C=O) groups excluding carboxylic acids is 1. The Kier molecular flexibility index (Phi) is 5.42. The summed E-state index contributed by atoms with van der Waals surface area (Å²) in [7, 11) is 3.56. The lowest BCUT2D eigenvalue weighted by Crippen LogP contribution is -2.62. The molecule has 0 aromatic carbocycles. The average molecular weight is 500 g/mol. The quantitative estimate of drug-likeness (QED) is 0.519. The van der Waals surface area contributed by atoms with Crippen molar-refractivity contribution >= 4 is 34.6 Å². The van der Waals surface area contributed by atoms with E-state index in [1.54, 1.807) is 19.2 Å². The Morgan fingerprint density at radius 2 is 2.00 bits per heavy atom. The monoisotopic (exact) mass is 499 g/mol. The number of nitriles is 1. The standard InChI is InChI=1S/C26H25N7O4/c1-33(20-5-3-18-24(29-20)37-22(34)14-28-18)25-9-11-26(12-10-25,36-15-25)8-7-16-19(13-27)32-31-17-4-6-21(35-2)30-23(16)17/h3-8,28H,9-12,14-15H2,1-2H3/b8-7+. The Morgan fingerprint density at radius 1 is 1.16 bits per heavy atom. The third-order valence-electron chi connectivity index (χ3n) is 7.67. The molecule has 11 heteroatoms. The molecule has 0 spiro atoms. The van der Waals surface area contributed by atoms with Crippen LogP contribution < -0.4 is 19.7 Å². The number of ether oxygens (including phenoxy) is 3. The fourth-order valence-corrected chi connectivity index (χ4v) is 5.31. The number of aromatic nitrogens is 4. The Hall–Kier alpha value is -4.30. The molecule has 1 N–H and O–H groups in total. The Balaban J connectivity index is 1.24. The highest BCUT2D eigenvalue weighted by Crippen LogP contribution is 2.48. The smallest absolute Gasteiger partial charge is 0.332 e. The molecule has 0 radical (unpaired) electrons. The summed E-state index contributed by atoms with van der Waals surface area (Å²) in [5.74, 6) is 1.13. The molecule has 6 heterocycles. The molecule has 4 aliphatic rings. The second-order valence-corrected chi connectivity index (χ2v) is 9.62. The fraction of sp³-hybridized carbons (Fsp3) is 0.385. The van der Waals surface area contributed by atoms with Gasteiger partial charge in [-0.2, -0.15) is 10.2 Å². The van der Waals surface area contributed by atoms with E-state index in [-0.39, 0.29) is 23.7 Å². The molecule has 0 amide bonds. The van der Waals surface area contributed by atoms with Gasteiger partial charge in [0.2, 0.25) is 11.8 Å². The van der Waals surface area contributed by atoms with Crippen molar-refractivity contribution in [3.63, 3.8) is 0 Å². The maximum atomic E-state index is 11.7. The maximum Gasteiger partial charge on any atom is 0.332 e. The van der Waals surface area contributed by atoms with Crippen LogP contribution in [0.2, 0.25) is 0 Å². The Morgan fingerprint density at radius 3 is 2.73 bits per heavy atom. The Bertz CT molecular complexity index is 1460. The normalized spacial score (nSPS) is 24.3. The highest BCUT2D eigenvalue weighted by Gasteiger charge is 2.51. The molecule has 3 fully saturated rings. The van der Waals surface area contributed by atoms with Crippen LogP contribution in [0.4, 0.5) is 11.5 Å². The van der Waals surface area contributed by atoms with Gasteiger partial charge >= 0.3 is 5.97 Å². The van der Waals surface area contributed by atoms with Gasteiger partial charge in [0.25, 0.3) is 0 Å². The number of nitrogens with one attached hydrogen (secondary N) is 1. The van der Waals surface area contributed by atoms with Crippen molar-refractivity contribution in [1.82, 2.24) is 20.2 Å². The van der Waals surface area contributed by atoms with E-state index in [9.17, 15) is 10.1 Å². The van der Waals surface area contributed by atoms with Crippen molar-refractivity contribution < 1.29 is 19.0 Å². The number of carbonyl (C=O) groups is 1. The SMILES string of the molecule is COc1ccc2nnc(C#N)c(/C=C/C34CCC(N(C)c5ccc6c(n5)OC(=O)CN6)(CC3)CO4)c2n1. The summed E-state index contributed by atoms with van der Waals surface area (Å²) >= 11 is 0. The van der Waals surface area contributed by atoms with E-state index >= 15 is 0 Å². The fourth-order valence-electron chi connectivity index (χ4n) is 5.31. The molecule has 3 aliphatic heterocycles. The van der Waals surface area contributed by atoms with E-state index in [2.05, 4.69) is 36.5 Å². The van der Waals surface area contributed by atoms with Crippen molar-refractivity contribution in [3.05, 3.63) is 41.6 Å². The number of anilines is 2. The lowest BCUT2D eigenvalue weighted by molar-refractivity contribution is -0.133. The molecular formula is C26H25N7O4. The average Bonchev–Trinajstić information content (AvgIpc) is 2.95. The molecule has 3 aromatic heterocycles. The highest BCUT2D eigenvalue weighted by molar-refractivity contribution is 5.86. The van der Waals surface area contributed by atoms with E-state index in [4.69, 9.17) is 14.2 Å². The first-order valence-electron chi connectivity index (χ1n) is 12.1. The highest BCUT2D eigenvalue weighted by atomic mass is 16.5. The zero-order valence-corrected chi connectivity index (χ0v) is 20.5. The van der Waals surface area contributed by atoms with Crippen molar-refractivity contribution in [3.8, 4) is 17.8 Å². The van der Waals surface area contributed by atoms with Gasteiger partial charge < -0.3 is 24.4 Å². The first-order chi connectivity index (χ1) is 17.9. The number of hydrogen-bond donors (Lipinski definition) is 1. The molecule has 0 atom stereocenters. The van der Waals surface area contributed by atoms with Gasteiger partial charge in [0, 0.05) is 18.7 Å². The van der Waals surface area contributed by atoms with Gasteiger partial charge in [-0.1, -0.05) is 12.2 Å². The number of nitrogens with zero attached hydrogens (tertiary/aromatic N) is 6. The molecule has 7 rings (SSSR count). The first-order valence-corrected chi connectivity index (χ1v) is 12.1. The zero-order chi connectivity index (χ0) is 25.6. The van der Waals surface area contributed by atoms with Crippen LogP contribution in [0.5, 0.6) is 11.8 Å². The van der Waals surface area contributed by atoms with E-state index in [1.165, 1.54) is 0 Å². The van der Waals surface area contributed by atoms with E-state index < -0.39 is 5.60 Å². The van der Waals surface area contributed by atoms with E-state index in [0.717, 1.165) is 31.5 Å². The van der Waals surface area contributed by atoms with Crippen molar-refractivity contribution in [2.75, 3.05) is 37.5 Å². The van der Waals surface area contributed by atoms with Gasteiger partial charge in [-0.15, -0.1) is 10.2 Å². The lowest BCUT2D eigenvalue weighted by Gasteiger charge is -2.55. The van der Waals surface area contributed by atoms with Crippen molar-refractivity contribution in [2.45, 2.75) is 36.8 Å². The van der Waals surface area contributed by atoms with Gasteiger partial charge in [-0.25, -0.2) is 9.78 Å². The number of rotatable bonds is 5. The number of pyridine rings is 2. The van der Waals surface area contributed by atoms with Gasteiger partial charge in [0.1, 0.15) is 29.5 Å². The summed E-state index contributed by atoms with van der Waals surface area (Å²) in [6.45, 7) is 0.666. The lowest BCUT2D eigenvalue weighted by atomic mass is 9.70. The molecule has 2 bridgehead atoms. The molecule has 1 aliphatic carbocycles. The van der Waals surface area contributed by atoms with Gasteiger partial charge in [0.05, 0.1) is 30.5 Å². The summed E-state index contributed by atoms with van der Waals surface area (Å²) in [4.78, 5) is 22.9. The molecule has 188 valence electrons. The second-order valence-electron chi connectivity index (χ2n) is 9.62. The van der Waals surface area contributed by atoms with Crippen LogP contribution in [0.3, 0.4) is 0 Å². The minimum atomic E-state index is -0.438. The summed E-state index contributed by atoms with van der Waals surface area (Å²) in [5.41, 5.74) is 2.02. The van der Waals surface area contributed by atoms with E-state index in [1.807, 2.05) is 31.3 Å². The minimum Gasteiger partial charge on any atom is -0.481 e. The number of likely N-dealkylation sites (N-methyl/N-ethyl adjacent to an activating group) is 1. The van der Waals surface area contributed by atoms with E-state index in [0.29, 0.717) is 40.7 Å². The predicted molar refractivity (Wildman–Crippen MR) is 134 cm³/mol. The first kappa shape index (κ1) is 23.1. The summed E-state index contributed by atoms with van der Waals surface area (Å²) < 4.78 is 17.1. The summed E-state index contributed by atoms with van der Waals surface area (Å²) in [5, 5.41) is 20.9. The largest absolute Gasteiger partial charge is 0.481 e. The van der Waals surface area contributed by atoms with Gasteiger partial charge in [0.15, 0.2) is 5.69 Å². The zero-order valence-electron chi connectivity index (χ0n) is 20.5. The molecular weight excluding hydrogens is 474 g/mol. The number of esters is 1. The van der Waals surface area contributed by atoms with Crippen LogP contribution in [0.25, 0.3) is 17.1 Å². The number of hydrogen-bond acceptors (Lipinski definition) is 11. The van der Waals surface area contributed by atoms with Gasteiger partial charge in [-0.05, 0) is 43.9 Å². The molecule has 37 heavy (non-hydrogen) atoms. The van der Waals surface area contributed by atoms with Crippen LogP contribution in [0.1, 0.15) is 36.9 Å². The topological polar surface area (TPSA) is 135 Å². The maximum absolute atomic E-state index is 11.7. The number of methoxy groups -OCH3 is 1. The summed E-state index contributed by atoms with van der Waals surface area (Å²) in [6.07, 6.45) is 7.34. The van der Waals surface area contributed by atoms with Crippen LogP contribution >= 0.6 is 0 Å². The molecule has 3 aromatic rings. The van der Waals surface area contributed by atoms with Crippen LogP contribution in [0.15, 0.2) is 30.3 Å². The van der Waals surface area contributed by atoms with Crippen LogP contribution in [-0.4, -0.2) is 64.6 Å². The van der Waals surface area contributed by atoms with Crippen LogP contribution in [0, 0.1) is 11.3 Å². The predicted octanol–water partition coefficient (Wildman–Crippen LogP) is 2.86. The minimum absolute atomic E-state index is 0.141. The summed E-state index contributed by atoms with van der Waals surface area (Å²) in [6, 6.07) is 9.44. The molecule has 1 saturated carbocycles. The molecule has 11 nitrogen and oxygen atoms in total. The second kappa shape index (κ2) is 8.67. The van der Waals surface area contributed by atoms with Crippen molar-refractivity contribution in [2.24, 2.45) is 0 Å². The number of fused-ring (bicyclic) bond motifs is 5. The van der Waals surface area contributed by atoms with Crippen LogP contribution in [-0.2, 0) is 9.53 Å². The Labute approximate surface area is 213 Å². The third kappa shape index (κ3) is 3.90. The van der Waals surface area contributed by atoms with Gasteiger partial charge in [-0.3, -0.25) is 0 Å².